The largest absolute Gasteiger partial charge is 0.406 e. The van der Waals surface area contributed by atoms with Crippen LogP contribution in [0.2, 0.25) is 36.3 Å². The van der Waals surface area contributed by atoms with Crippen LogP contribution in [0.15, 0.2) is 42.1 Å². The van der Waals surface area contributed by atoms with Crippen LogP contribution >= 0.6 is 0 Å². The van der Waals surface area contributed by atoms with E-state index < -0.39 is 16.4 Å². The number of hydrogen-bond acceptors (Lipinski definition) is 2. The fourth-order valence-electron chi connectivity index (χ4n) is 3.69. The van der Waals surface area contributed by atoms with Crippen molar-refractivity contribution in [2.24, 2.45) is 0 Å². The van der Waals surface area contributed by atoms with E-state index in [0.717, 1.165) is 23.9 Å². The molecule has 0 bridgehead atoms. The molecule has 0 N–H and O–H groups in total. The van der Waals surface area contributed by atoms with Gasteiger partial charge < -0.3 is 9.22 Å². The molecule has 0 aromatic heterocycles. The Morgan fingerprint density at radius 3 is 1.96 bits per heavy atom. The molecule has 1 aromatic carbocycles. The molecule has 4 heteroatoms. The maximum absolute atomic E-state index is 11.2. The number of rotatable bonds is 13. The first kappa shape index (κ1) is 23.1. The highest BCUT2D eigenvalue weighted by molar-refractivity contribution is 6.81. The maximum Gasteiger partial charge on any atom is 0.217 e. The predicted octanol–water partition coefficient (Wildman–Crippen LogP) is 6.92. The molecule has 0 saturated heterocycles. The van der Waals surface area contributed by atoms with E-state index in [9.17, 15) is 4.79 Å². The van der Waals surface area contributed by atoms with Crippen LogP contribution in [0.1, 0.15) is 52.7 Å². The lowest BCUT2D eigenvalue weighted by Crippen LogP contribution is -2.37. The van der Waals surface area contributed by atoms with Gasteiger partial charge >= 0.3 is 0 Å². The molecule has 1 unspecified atom stereocenters. The van der Waals surface area contributed by atoms with Gasteiger partial charge in [-0.25, -0.2) is 0 Å². The SMILES string of the molecule is CC[Si](CC)(CC)C/C=C\[Si](CC)(CC)OC(CC=O)c1ccccc1. The van der Waals surface area contributed by atoms with Crippen LogP contribution in [0.5, 0.6) is 0 Å². The molecule has 1 aromatic rings. The minimum Gasteiger partial charge on any atom is -0.406 e. The molecular formula is C22H38O2Si2. The molecule has 0 spiro atoms. The minimum atomic E-state index is -1.98. The molecule has 1 rings (SSSR count). The molecule has 0 fully saturated rings. The lowest BCUT2D eigenvalue weighted by molar-refractivity contribution is -0.109. The summed E-state index contributed by atoms with van der Waals surface area (Å²) in [5.41, 5.74) is 3.56. The van der Waals surface area contributed by atoms with Gasteiger partial charge in [-0.3, -0.25) is 0 Å². The summed E-state index contributed by atoms with van der Waals surface area (Å²) in [7, 11) is -3.12. The fourth-order valence-corrected chi connectivity index (χ4v) is 9.64. The Bertz CT molecular complexity index is 526. The van der Waals surface area contributed by atoms with Crippen LogP contribution in [-0.4, -0.2) is 22.7 Å². The van der Waals surface area contributed by atoms with Gasteiger partial charge in [0.25, 0.3) is 0 Å². The summed E-state index contributed by atoms with van der Waals surface area (Å²) < 4.78 is 6.71. The number of benzene rings is 1. The van der Waals surface area contributed by atoms with Crippen LogP contribution in [0.3, 0.4) is 0 Å². The Morgan fingerprint density at radius 1 is 0.923 bits per heavy atom. The highest BCUT2D eigenvalue weighted by Crippen LogP contribution is 2.31. The van der Waals surface area contributed by atoms with Crippen LogP contribution in [-0.2, 0) is 9.22 Å². The monoisotopic (exact) mass is 390 g/mol. The predicted molar refractivity (Wildman–Crippen MR) is 119 cm³/mol. The zero-order valence-corrected chi connectivity index (χ0v) is 19.5. The average Bonchev–Trinajstić information content (AvgIpc) is 2.71. The van der Waals surface area contributed by atoms with Crippen molar-refractivity contribution in [3.8, 4) is 0 Å². The quantitative estimate of drug-likeness (QED) is 0.270. The zero-order chi connectivity index (χ0) is 19.5. The number of carbonyl (C=O) groups is 1. The normalized spacial score (nSPS) is 13.9. The second-order valence-electron chi connectivity index (χ2n) is 7.36. The molecule has 0 aliphatic rings. The summed E-state index contributed by atoms with van der Waals surface area (Å²) in [5, 5.41) is 0. The van der Waals surface area contributed by atoms with Gasteiger partial charge in [0.15, 0.2) is 0 Å². The van der Waals surface area contributed by atoms with Crippen molar-refractivity contribution in [1.82, 2.24) is 0 Å². The van der Waals surface area contributed by atoms with Crippen molar-refractivity contribution in [3.63, 3.8) is 0 Å². The topological polar surface area (TPSA) is 26.3 Å². The Kier molecular flexibility index (Phi) is 10.4. The molecule has 1 atom stereocenters. The molecule has 0 radical (unpaired) electrons. The Labute approximate surface area is 163 Å². The van der Waals surface area contributed by atoms with Gasteiger partial charge in [0.05, 0.1) is 14.2 Å². The molecule has 0 aliphatic heterocycles. The van der Waals surface area contributed by atoms with Gasteiger partial charge in [-0.15, -0.1) is 0 Å². The molecule has 0 heterocycles. The summed E-state index contributed by atoms with van der Waals surface area (Å²) in [5.74, 6) is 0. The summed E-state index contributed by atoms with van der Waals surface area (Å²) in [4.78, 5) is 11.2. The highest BCUT2D eigenvalue weighted by Gasteiger charge is 2.32. The van der Waals surface area contributed by atoms with E-state index >= 15 is 0 Å². The van der Waals surface area contributed by atoms with Gasteiger partial charge in [0.2, 0.25) is 8.32 Å². The maximum atomic E-state index is 11.2. The molecule has 0 saturated carbocycles. The molecule has 26 heavy (non-hydrogen) atoms. The minimum absolute atomic E-state index is 0.115. The summed E-state index contributed by atoms with van der Waals surface area (Å²) in [6.07, 6.45) is 3.76. The van der Waals surface area contributed by atoms with E-state index in [-0.39, 0.29) is 6.10 Å². The van der Waals surface area contributed by atoms with Crippen LogP contribution in [0.4, 0.5) is 0 Å². The second-order valence-corrected chi connectivity index (χ2v) is 17.0. The van der Waals surface area contributed by atoms with Gasteiger partial charge in [-0.2, -0.15) is 0 Å². The van der Waals surface area contributed by atoms with Crippen LogP contribution < -0.4 is 0 Å². The third kappa shape index (κ3) is 6.32. The zero-order valence-electron chi connectivity index (χ0n) is 17.5. The number of aldehydes is 1. The molecule has 0 amide bonds. The van der Waals surface area contributed by atoms with E-state index in [2.05, 4.69) is 58.5 Å². The van der Waals surface area contributed by atoms with Crippen LogP contribution in [0.25, 0.3) is 0 Å². The van der Waals surface area contributed by atoms with Gasteiger partial charge in [-0.1, -0.05) is 94.9 Å². The van der Waals surface area contributed by atoms with Crippen molar-refractivity contribution >= 4 is 22.7 Å². The van der Waals surface area contributed by atoms with Crippen molar-refractivity contribution in [3.05, 3.63) is 47.7 Å². The van der Waals surface area contributed by atoms with Crippen molar-refractivity contribution in [2.75, 3.05) is 0 Å². The van der Waals surface area contributed by atoms with E-state index in [1.165, 1.54) is 24.2 Å². The molecule has 2 nitrogen and oxygen atoms in total. The third-order valence-corrected chi connectivity index (χ3v) is 15.9. The van der Waals surface area contributed by atoms with E-state index in [1.54, 1.807) is 0 Å². The Hall–Kier alpha value is -0.976. The first-order chi connectivity index (χ1) is 12.5. The number of allylic oxidation sites excluding steroid dienone is 1. The molecule has 0 aliphatic carbocycles. The van der Waals surface area contributed by atoms with Gasteiger partial charge in [0, 0.05) is 6.42 Å². The Morgan fingerprint density at radius 2 is 1.50 bits per heavy atom. The lowest BCUT2D eigenvalue weighted by Gasteiger charge is -2.32. The van der Waals surface area contributed by atoms with Gasteiger partial charge in [0.1, 0.15) is 6.29 Å². The average molecular weight is 391 g/mol. The van der Waals surface area contributed by atoms with Crippen LogP contribution in [0, 0.1) is 0 Å². The van der Waals surface area contributed by atoms with Crippen molar-refractivity contribution in [2.45, 2.75) is 83.4 Å². The first-order valence-electron chi connectivity index (χ1n) is 10.4. The molecular weight excluding hydrogens is 352 g/mol. The summed E-state index contributed by atoms with van der Waals surface area (Å²) in [6, 6.07) is 17.7. The standard InChI is InChI=1S/C22H38O2Si2/c1-6-25(7-2,8-3)19-14-20-26(9-4,10-5)24-22(17-18-23)21-15-12-11-13-16-21/h11-16,18,20,22H,6-10,17,19H2,1-5H3/b20-14-. The van der Waals surface area contributed by atoms with E-state index in [0.29, 0.717) is 6.42 Å². The Balaban J connectivity index is 2.99. The van der Waals surface area contributed by atoms with E-state index in [4.69, 9.17) is 4.43 Å². The van der Waals surface area contributed by atoms with E-state index in [1.807, 2.05) is 18.2 Å². The molecule has 146 valence electrons. The van der Waals surface area contributed by atoms with Gasteiger partial charge in [-0.05, 0) is 23.7 Å². The van der Waals surface area contributed by atoms with Crippen molar-refractivity contribution in [1.29, 1.82) is 0 Å². The first-order valence-corrected chi connectivity index (χ1v) is 15.6. The summed E-state index contributed by atoms with van der Waals surface area (Å²) >= 11 is 0. The second kappa shape index (κ2) is 11.7. The van der Waals surface area contributed by atoms with Crippen molar-refractivity contribution < 1.29 is 9.22 Å². The lowest BCUT2D eigenvalue weighted by atomic mass is 10.1. The highest BCUT2D eigenvalue weighted by atomic mass is 28.4. The number of hydrogen-bond donors (Lipinski definition) is 0. The summed E-state index contributed by atoms with van der Waals surface area (Å²) in [6.45, 7) is 11.6. The third-order valence-electron chi connectivity index (χ3n) is 6.28. The number of carbonyl (C=O) groups excluding carboxylic acids is 1. The smallest absolute Gasteiger partial charge is 0.217 e. The fraction of sp³-hybridized carbons (Fsp3) is 0.591.